The highest BCUT2D eigenvalue weighted by Gasteiger charge is 2.20. The second-order valence-corrected chi connectivity index (χ2v) is 7.59. The van der Waals surface area contributed by atoms with Crippen molar-refractivity contribution in [1.29, 1.82) is 0 Å². The van der Waals surface area contributed by atoms with E-state index in [4.69, 9.17) is 4.42 Å². The van der Waals surface area contributed by atoms with Crippen LogP contribution in [0, 0.1) is 0 Å². The van der Waals surface area contributed by atoms with E-state index < -0.39 is 21.3 Å². The molecule has 1 amide bonds. The van der Waals surface area contributed by atoms with Crippen molar-refractivity contribution in [2.45, 2.75) is 19.9 Å². The third-order valence-corrected chi connectivity index (χ3v) is 5.96. The van der Waals surface area contributed by atoms with Gasteiger partial charge >= 0.3 is 0 Å². The Kier molecular flexibility index (Phi) is 4.47. The molecule has 8 nitrogen and oxygen atoms in total. The Morgan fingerprint density at radius 3 is 3.16 bits per heavy atom. The van der Waals surface area contributed by atoms with Crippen molar-refractivity contribution in [3.05, 3.63) is 47.6 Å². The van der Waals surface area contributed by atoms with Crippen LogP contribution in [0.5, 0.6) is 0 Å². The van der Waals surface area contributed by atoms with E-state index in [0.717, 1.165) is 30.1 Å². The summed E-state index contributed by atoms with van der Waals surface area (Å²) >= 11 is -0.577. The van der Waals surface area contributed by atoms with Gasteiger partial charge in [-0.05, 0) is 24.1 Å². The van der Waals surface area contributed by atoms with Crippen molar-refractivity contribution in [2.24, 2.45) is 8.25 Å². The highest BCUT2D eigenvalue weighted by Crippen LogP contribution is 2.32. The SMILES string of the molecule is CC(=O)N1CC=C(c2cnc(=NCc3ccco3)n3c2NN=I3)CC1. The van der Waals surface area contributed by atoms with E-state index in [2.05, 4.69) is 27.5 Å². The third-order valence-electron chi connectivity index (χ3n) is 4.15. The smallest absolute Gasteiger partial charge is 0.236 e. The molecular formula is C16H17IN6O2. The van der Waals surface area contributed by atoms with Crippen LogP contribution in [-0.2, 0) is 11.3 Å². The van der Waals surface area contributed by atoms with Crippen LogP contribution in [0.1, 0.15) is 24.7 Å². The quantitative estimate of drug-likeness (QED) is 0.725. The number of carbonyl (C=O) groups is 1. The lowest BCUT2D eigenvalue weighted by Crippen LogP contribution is -2.32. The minimum Gasteiger partial charge on any atom is -0.467 e. The van der Waals surface area contributed by atoms with Gasteiger partial charge in [0.05, 0.1) is 6.26 Å². The van der Waals surface area contributed by atoms with Gasteiger partial charge in [-0.25, -0.2) is 12.8 Å². The Hall–Kier alpha value is -2.30. The molecule has 0 bridgehead atoms. The van der Waals surface area contributed by atoms with Crippen LogP contribution in [0.2, 0.25) is 0 Å². The van der Waals surface area contributed by atoms with Crippen LogP contribution >= 0.6 is 21.3 Å². The molecule has 2 aliphatic rings. The summed E-state index contributed by atoms with van der Waals surface area (Å²) in [6.07, 6.45) is 6.40. The predicted octanol–water partition coefficient (Wildman–Crippen LogP) is 2.47. The van der Waals surface area contributed by atoms with Gasteiger partial charge in [0.1, 0.15) is 18.1 Å². The minimum absolute atomic E-state index is 0.110. The maximum Gasteiger partial charge on any atom is 0.236 e. The van der Waals surface area contributed by atoms with Gasteiger partial charge in [0.2, 0.25) is 11.5 Å². The zero-order valence-corrected chi connectivity index (χ0v) is 15.8. The largest absolute Gasteiger partial charge is 0.467 e. The third kappa shape index (κ3) is 3.28. The molecule has 0 fully saturated rings. The highest BCUT2D eigenvalue weighted by atomic mass is 127. The highest BCUT2D eigenvalue weighted by molar-refractivity contribution is 14.1. The fourth-order valence-electron chi connectivity index (χ4n) is 2.80. The summed E-state index contributed by atoms with van der Waals surface area (Å²) < 4.78 is 11.7. The number of nitrogens with zero attached hydrogens (tertiary/aromatic N) is 5. The molecule has 2 aromatic heterocycles. The zero-order chi connectivity index (χ0) is 17.2. The molecule has 25 heavy (non-hydrogen) atoms. The van der Waals surface area contributed by atoms with Gasteiger partial charge < -0.3 is 9.32 Å². The molecule has 0 unspecified atom stereocenters. The van der Waals surface area contributed by atoms with Gasteiger partial charge in [-0.15, -0.1) is 3.25 Å². The number of anilines is 1. The molecule has 9 heteroatoms. The molecule has 0 aromatic carbocycles. The average Bonchev–Trinajstić information content (AvgIpc) is 3.31. The number of amides is 1. The maximum atomic E-state index is 11.5. The molecule has 0 saturated carbocycles. The molecule has 0 saturated heterocycles. The number of carbonyl (C=O) groups excluding carboxylic acids is 1. The number of halogens is 1. The second kappa shape index (κ2) is 6.90. The summed E-state index contributed by atoms with van der Waals surface area (Å²) in [7, 11) is 0. The average molecular weight is 452 g/mol. The number of aromatic nitrogens is 2. The Morgan fingerprint density at radius 1 is 1.52 bits per heavy atom. The molecule has 0 radical (unpaired) electrons. The minimum atomic E-state index is -0.577. The monoisotopic (exact) mass is 452 g/mol. The Bertz CT molecular complexity index is 929. The molecule has 4 rings (SSSR count). The molecule has 0 aliphatic carbocycles. The van der Waals surface area contributed by atoms with E-state index in [1.807, 2.05) is 23.2 Å². The first-order valence-corrected chi connectivity index (χ1v) is 9.86. The van der Waals surface area contributed by atoms with E-state index in [9.17, 15) is 4.79 Å². The molecule has 130 valence electrons. The van der Waals surface area contributed by atoms with E-state index in [1.54, 1.807) is 13.2 Å². The Labute approximate surface area is 154 Å². The first-order chi connectivity index (χ1) is 12.2. The lowest BCUT2D eigenvalue weighted by molar-refractivity contribution is -0.128. The van der Waals surface area contributed by atoms with Gasteiger partial charge in [-0.2, -0.15) is 0 Å². The Morgan fingerprint density at radius 2 is 2.44 bits per heavy atom. The molecular weight excluding hydrogens is 435 g/mol. The standard InChI is InChI=1S/C16H17IN6O2/c1-11(24)22-6-4-12(5-7-22)14-10-19-16(23-15(14)20-21-17-23)18-9-13-3-2-8-25-13/h2-4,8,10,20H,5-7,9H2,1H3. The van der Waals surface area contributed by atoms with Gasteiger partial charge in [-0.3, -0.25) is 10.2 Å². The summed E-state index contributed by atoms with van der Waals surface area (Å²) in [5, 5.41) is 0. The first-order valence-electron chi connectivity index (χ1n) is 7.93. The maximum absolute atomic E-state index is 11.5. The summed E-state index contributed by atoms with van der Waals surface area (Å²) in [6, 6.07) is 3.75. The van der Waals surface area contributed by atoms with E-state index in [0.29, 0.717) is 18.7 Å². The van der Waals surface area contributed by atoms with Crippen LogP contribution in [0.25, 0.3) is 5.57 Å². The summed E-state index contributed by atoms with van der Waals surface area (Å²) in [5.41, 5.74) is 6.03. The molecule has 0 spiro atoms. The van der Waals surface area contributed by atoms with Gasteiger partial charge in [0.25, 0.3) is 0 Å². The summed E-state index contributed by atoms with van der Waals surface area (Å²) in [4.78, 5) is 22.4. The number of hydrogen-bond acceptors (Lipinski definition) is 6. The Balaban J connectivity index is 1.65. The van der Waals surface area contributed by atoms with Crippen molar-refractivity contribution in [3.8, 4) is 0 Å². The fraction of sp³-hybridized carbons (Fsp3) is 0.312. The second-order valence-electron chi connectivity index (χ2n) is 5.71. The topological polar surface area (TPSA) is 88.0 Å². The van der Waals surface area contributed by atoms with Gasteiger partial charge in [-0.1, -0.05) is 6.08 Å². The van der Waals surface area contributed by atoms with Crippen LogP contribution < -0.4 is 11.0 Å². The van der Waals surface area contributed by atoms with E-state index in [-0.39, 0.29) is 5.91 Å². The van der Waals surface area contributed by atoms with Crippen LogP contribution in [-0.4, -0.2) is 31.7 Å². The summed E-state index contributed by atoms with van der Waals surface area (Å²) in [6.45, 7) is 3.44. The number of nitrogens with one attached hydrogen (secondary N) is 1. The zero-order valence-electron chi connectivity index (χ0n) is 13.6. The molecule has 0 atom stereocenters. The lowest BCUT2D eigenvalue weighted by Gasteiger charge is -2.25. The van der Waals surface area contributed by atoms with Crippen molar-refractivity contribution < 1.29 is 9.21 Å². The van der Waals surface area contributed by atoms with Crippen molar-refractivity contribution in [2.75, 3.05) is 18.5 Å². The number of furan rings is 1. The van der Waals surface area contributed by atoms with E-state index in [1.165, 1.54) is 5.57 Å². The number of fused-ring (bicyclic) bond motifs is 1. The van der Waals surface area contributed by atoms with Crippen LogP contribution in [0.4, 0.5) is 5.82 Å². The van der Waals surface area contributed by atoms with Crippen molar-refractivity contribution in [3.63, 3.8) is 0 Å². The lowest BCUT2D eigenvalue weighted by atomic mass is 10.0. The molecule has 2 aromatic rings. The first kappa shape index (κ1) is 16.2. The molecule has 2 aliphatic heterocycles. The predicted molar refractivity (Wildman–Crippen MR) is 101 cm³/mol. The van der Waals surface area contributed by atoms with Crippen molar-refractivity contribution >= 4 is 38.6 Å². The number of hydrogen-bond donors (Lipinski definition) is 1. The van der Waals surface area contributed by atoms with Crippen molar-refractivity contribution in [1.82, 2.24) is 12.7 Å². The number of rotatable bonds is 3. The van der Waals surface area contributed by atoms with Gasteiger partial charge in [0, 0.05) is 31.8 Å². The van der Waals surface area contributed by atoms with Crippen LogP contribution in [0.3, 0.4) is 0 Å². The van der Waals surface area contributed by atoms with Gasteiger partial charge in [0.15, 0.2) is 21.3 Å². The normalized spacial score (nSPS) is 16.9. The van der Waals surface area contributed by atoms with Crippen LogP contribution in [0.15, 0.2) is 43.3 Å². The molecule has 4 heterocycles. The summed E-state index contributed by atoms with van der Waals surface area (Å²) in [5.74, 6) is 1.86. The fourth-order valence-corrected chi connectivity index (χ4v) is 4.41. The molecule has 1 N–H and O–H groups in total. The van der Waals surface area contributed by atoms with E-state index >= 15 is 0 Å².